The van der Waals surface area contributed by atoms with Crippen LogP contribution in [-0.2, 0) is 0 Å². The molecule has 0 radical (unpaired) electrons. The van der Waals surface area contributed by atoms with Crippen molar-refractivity contribution in [2.75, 3.05) is 5.32 Å². The van der Waals surface area contributed by atoms with Crippen molar-refractivity contribution in [1.29, 1.82) is 0 Å². The molecular weight excluding hydrogens is 464 g/mol. The van der Waals surface area contributed by atoms with E-state index in [1.807, 2.05) is 48.7 Å². The summed E-state index contributed by atoms with van der Waals surface area (Å²) in [5, 5.41) is 14.4. The van der Waals surface area contributed by atoms with E-state index in [1.165, 1.54) is 4.57 Å². The van der Waals surface area contributed by atoms with E-state index >= 15 is 0 Å². The average molecular weight is 485 g/mol. The molecule has 2 aromatic carbocycles. The molecule has 10 heteroatoms. The molecule has 36 heavy (non-hydrogen) atoms. The number of hydrogen-bond acceptors (Lipinski definition) is 5. The number of alkyl halides is 2. The standard InChI is InChI=1S/C26H21F2N7O/c27-26(28)10-22(11-26)33-25(36)35-14-18-2-1-17(9-19(18)15-35)24-29-8-7-23(34-24)32-21-5-3-16(4-6-21)20-12-30-31-13-20/h1-9,12-15,22H,10-11H2,(H,30,31)(H,33,36)(H,29,32,34). The van der Waals surface area contributed by atoms with Crippen LogP contribution in [0.5, 0.6) is 0 Å². The summed E-state index contributed by atoms with van der Waals surface area (Å²) in [6.07, 6.45) is 8.01. The van der Waals surface area contributed by atoms with E-state index in [-0.39, 0.29) is 12.8 Å². The Kier molecular flexibility index (Phi) is 5.21. The maximum Gasteiger partial charge on any atom is 0.325 e. The molecule has 0 unspecified atom stereocenters. The number of aromatic amines is 1. The molecule has 1 aliphatic carbocycles. The van der Waals surface area contributed by atoms with Gasteiger partial charge in [-0.05, 0) is 35.2 Å². The molecule has 0 saturated heterocycles. The van der Waals surface area contributed by atoms with Crippen LogP contribution in [-0.4, -0.2) is 42.7 Å². The van der Waals surface area contributed by atoms with Gasteiger partial charge in [-0.1, -0.05) is 24.3 Å². The van der Waals surface area contributed by atoms with Gasteiger partial charge in [0.05, 0.1) is 6.20 Å². The second-order valence-electron chi connectivity index (χ2n) is 8.87. The zero-order valence-electron chi connectivity index (χ0n) is 19.0. The molecule has 3 aromatic heterocycles. The minimum atomic E-state index is -2.68. The van der Waals surface area contributed by atoms with Crippen LogP contribution in [0, 0.1) is 0 Å². The molecule has 0 bridgehead atoms. The highest BCUT2D eigenvalue weighted by Crippen LogP contribution is 2.37. The predicted molar refractivity (Wildman–Crippen MR) is 132 cm³/mol. The molecule has 3 heterocycles. The molecule has 1 aliphatic rings. The minimum Gasteiger partial charge on any atom is -0.340 e. The van der Waals surface area contributed by atoms with Gasteiger partial charge < -0.3 is 10.6 Å². The topological polar surface area (TPSA) is 101 Å². The summed E-state index contributed by atoms with van der Waals surface area (Å²) < 4.78 is 27.5. The number of fused-ring (bicyclic) bond motifs is 1. The highest BCUT2D eigenvalue weighted by Gasteiger charge is 2.46. The van der Waals surface area contributed by atoms with E-state index in [4.69, 9.17) is 0 Å². The normalized spacial score (nSPS) is 14.9. The monoisotopic (exact) mass is 485 g/mol. The third-order valence-corrected chi connectivity index (χ3v) is 6.20. The summed E-state index contributed by atoms with van der Waals surface area (Å²) in [4.78, 5) is 21.5. The van der Waals surface area contributed by atoms with Crippen LogP contribution >= 0.6 is 0 Å². The first kappa shape index (κ1) is 21.9. The Morgan fingerprint density at radius 1 is 1.00 bits per heavy atom. The summed E-state index contributed by atoms with van der Waals surface area (Å²) in [7, 11) is 0. The number of aromatic nitrogens is 5. The fourth-order valence-electron chi connectivity index (χ4n) is 4.28. The molecule has 180 valence electrons. The summed E-state index contributed by atoms with van der Waals surface area (Å²) in [6, 6.07) is 14.5. The van der Waals surface area contributed by atoms with Gasteiger partial charge in [0, 0.05) is 65.9 Å². The van der Waals surface area contributed by atoms with E-state index in [0.29, 0.717) is 11.6 Å². The van der Waals surface area contributed by atoms with Crippen molar-refractivity contribution in [2.24, 2.45) is 0 Å². The second-order valence-corrected chi connectivity index (χ2v) is 8.87. The summed E-state index contributed by atoms with van der Waals surface area (Å²) in [6.45, 7) is 0. The number of amides is 1. The highest BCUT2D eigenvalue weighted by molar-refractivity contribution is 5.91. The van der Waals surface area contributed by atoms with Gasteiger partial charge in [-0.2, -0.15) is 5.10 Å². The third-order valence-electron chi connectivity index (χ3n) is 6.20. The van der Waals surface area contributed by atoms with Crippen molar-refractivity contribution < 1.29 is 13.6 Å². The van der Waals surface area contributed by atoms with Crippen molar-refractivity contribution in [3.8, 4) is 22.5 Å². The third kappa shape index (κ3) is 4.40. The van der Waals surface area contributed by atoms with E-state index in [2.05, 4.69) is 30.8 Å². The van der Waals surface area contributed by atoms with Crippen LogP contribution in [0.15, 0.2) is 79.5 Å². The SMILES string of the molecule is O=C(NC1CC(F)(F)C1)n1cc2ccc(-c3nccc(Nc4ccc(-c5cn[nH]c5)cc4)n3)cc2c1. The minimum absolute atomic E-state index is 0.320. The van der Waals surface area contributed by atoms with E-state index < -0.39 is 18.0 Å². The predicted octanol–water partition coefficient (Wildman–Crippen LogP) is 5.59. The molecule has 1 fully saturated rings. The smallest absolute Gasteiger partial charge is 0.325 e. The lowest BCUT2D eigenvalue weighted by molar-refractivity contribution is -0.0896. The number of rotatable bonds is 5. The Labute approximate surface area is 204 Å². The maximum atomic E-state index is 13.1. The fourth-order valence-corrected chi connectivity index (χ4v) is 4.28. The van der Waals surface area contributed by atoms with E-state index in [1.54, 1.807) is 30.9 Å². The lowest BCUT2D eigenvalue weighted by atomic mass is 9.88. The van der Waals surface area contributed by atoms with Crippen LogP contribution in [0.2, 0.25) is 0 Å². The first-order valence-corrected chi connectivity index (χ1v) is 11.4. The van der Waals surface area contributed by atoms with Crippen LogP contribution in [0.4, 0.5) is 25.1 Å². The Hall–Kier alpha value is -4.60. The Bertz CT molecular complexity index is 1540. The van der Waals surface area contributed by atoms with Gasteiger partial charge in [-0.3, -0.25) is 9.67 Å². The number of benzene rings is 2. The van der Waals surface area contributed by atoms with E-state index in [0.717, 1.165) is 33.2 Å². The summed E-state index contributed by atoms with van der Waals surface area (Å²) in [5.41, 5.74) is 3.74. The maximum absolute atomic E-state index is 13.1. The zero-order chi connectivity index (χ0) is 24.7. The number of halogens is 2. The van der Waals surface area contributed by atoms with Crippen molar-refractivity contribution >= 4 is 28.3 Å². The molecule has 8 nitrogen and oxygen atoms in total. The Morgan fingerprint density at radius 2 is 1.78 bits per heavy atom. The number of carbonyl (C=O) groups excluding carboxylic acids is 1. The Morgan fingerprint density at radius 3 is 2.53 bits per heavy atom. The molecule has 5 aromatic rings. The zero-order valence-corrected chi connectivity index (χ0v) is 19.0. The summed E-state index contributed by atoms with van der Waals surface area (Å²) >= 11 is 0. The molecule has 0 atom stereocenters. The van der Waals surface area contributed by atoms with Crippen LogP contribution in [0.1, 0.15) is 12.8 Å². The Balaban J connectivity index is 1.18. The average Bonchev–Trinajstić information content (AvgIpc) is 3.53. The van der Waals surface area contributed by atoms with Gasteiger partial charge in [-0.25, -0.2) is 23.5 Å². The molecule has 0 spiro atoms. The molecule has 1 amide bonds. The first-order valence-electron chi connectivity index (χ1n) is 11.4. The largest absolute Gasteiger partial charge is 0.340 e. The van der Waals surface area contributed by atoms with Gasteiger partial charge in [-0.15, -0.1) is 0 Å². The van der Waals surface area contributed by atoms with Gasteiger partial charge in [0.1, 0.15) is 5.82 Å². The molecule has 1 saturated carbocycles. The number of anilines is 2. The van der Waals surface area contributed by atoms with Crippen molar-refractivity contribution in [3.05, 3.63) is 79.5 Å². The number of H-pyrrole nitrogens is 1. The first-order chi connectivity index (χ1) is 17.4. The van der Waals surface area contributed by atoms with E-state index in [9.17, 15) is 13.6 Å². The molecule has 3 N–H and O–H groups in total. The van der Waals surface area contributed by atoms with Gasteiger partial charge >= 0.3 is 6.03 Å². The fraction of sp³-hybridized carbons (Fsp3) is 0.154. The number of nitrogens with zero attached hydrogens (tertiary/aromatic N) is 4. The summed E-state index contributed by atoms with van der Waals surface area (Å²) in [5.74, 6) is -1.50. The van der Waals surface area contributed by atoms with Crippen LogP contribution in [0.25, 0.3) is 33.3 Å². The van der Waals surface area contributed by atoms with Crippen molar-refractivity contribution in [3.63, 3.8) is 0 Å². The van der Waals surface area contributed by atoms with Gasteiger partial charge in [0.25, 0.3) is 5.92 Å². The van der Waals surface area contributed by atoms with Crippen molar-refractivity contribution in [1.82, 2.24) is 30.0 Å². The van der Waals surface area contributed by atoms with Crippen LogP contribution in [0.3, 0.4) is 0 Å². The lowest BCUT2D eigenvalue weighted by Crippen LogP contribution is -2.51. The van der Waals surface area contributed by atoms with Crippen molar-refractivity contribution in [2.45, 2.75) is 24.8 Å². The van der Waals surface area contributed by atoms with Gasteiger partial charge in [0.2, 0.25) is 0 Å². The van der Waals surface area contributed by atoms with Crippen LogP contribution < -0.4 is 10.6 Å². The van der Waals surface area contributed by atoms with Gasteiger partial charge in [0.15, 0.2) is 5.82 Å². The molecule has 6 rings (SSSR count). The highest BCUT2D eigenvalue weighted by atomic mass is 19.3. The number of carbonyl (C=O) groups is 1. The quantitative estimate of drug-likeness (QED) is 0.301. The lowest BCUT2D eigenvalue weighted by Gasteiger charge is -2.35. The molecular formula is C26H21F2N7O. The number of nitrogens with one attached hydrogen (secondary N) is 3. The number of hydrogen-bond donors (Lipinski definition) is 3. The molecule has 0 aliphatic heterocycles. The second kappa shape index (κ2) is 8.56.